The van der Waals surface area contributed by atoms with Gasteiger partial charge in [-0.05, 0) is 31.5 Å². The molecular weight excluding hydrogens is 248 g/mol. The quantitative estimate of drug-likeness (QED) is 0.515. The third kappa shape index (κ3) is 4.97. The maximum absolute atomic E-state index is 11.7. The Balaban J connectivity index is 2.62. The first kappa shape index (κ1) is 15.0. The van der Waals surface area contributed by atoms with Gasteiger partial charge in [-0.15, -0.1) is 0 Å². The van der Waals surface area contributed by atoms with Crippen LogP contribution in [0.15, 0.2) is 18.2 Å². The fraction of sp³-hybridized carbons (Fsp3) is 0.385. The van der Waals surface area contributed by atoms with Gasteiger partial charge in [0.25, 0.3) is 0 Å². The molecule has 0 saturated heterocycles. The largest absolute Gasteiger partial charge is 0.478 e. The van der Waals surface area contributed by atoms with E-state index in [-0.39, 0.29) is 23.6 Å². The Morgan fingerprint density at radius 1 is 1.42 bits per heavy atom. The van der Waals surface area contributed by atoms with Crippen LogP contribution in [0.5, 0.6) is 0 Å². The highest BCUT2D eigenvalue weighted by Gasteiger charge is 2.12. The molecule has 19 heavy (non-hydrogen) atoms. The third-order valence-electron chi connectivity index (χ3n) is 2.44. The number of nitrogens with one attached hydrogen (secondary N) is 1. The number of aromatic carboxylic acids is 1. The smallest absolute Gasteiger partial charge is 0.337 e. The Hall–Kier alpha value is -2.08. The molecule has 1 amide bonds. The minimum Gasteiger partial charge on any atom is -0.478 e. The normalized spacial score (nSPS) is 10.2. The summed E-state index contributed by atoms with van der Waals surface area (Å²) in [6.07, 6.45) is 0.859. The predicted octanol–water partition coefficient (Wildman–Crippen LogP) is 1.72. The van der Waals surface area contributed by atoms with Crippen molar-refractivity contribution >= 4 is 23.3 Å². The molecule has 0 saturated carbocycles. The van der Waals surface area contributed by atoms with E-state index < -0.39 is 5.97 Å². The Bertz CT molecular complexity index is 460. The molecule has 6 heteroatoms. The first-order chi connectivity index (χ1) is 9.04. The lowest BCUT2D eigenvalue weighted by Crippen LogP contribution is -2.15. The van der Waals surface area contributed by atoms with E-state index in [1.807, 2.05) is 6.92 Å². The highest BCUT2D eigenvalue weighted by Crippen LogP contribution is 2.19. The first-order valence-corrected chi connectivity index (χ1v) is 6.05. The van der Waals surface area contributed by atoms with Gasteiger partial charge in [-0.2, -0.15) is 0 Å². The molecule has 0 bridgehead atoms. The van der Waals surface area contributed by atoms with Crippen molar-refractivity contribution in [1.82, 2.24) is 0 Å². The van der Waals surface area contributed by atoms with E-state index in [0.29, 0.717) is 25.3 Å². The summed E-state index contributed by atoms with van der Waals surface area (Å²) >= 11 is 0. The lowest BCUT2D eigenvalue weighted by molar-refractivity contribution is -0.116. The molecule has 0 spiro atoms. The maximum Gasteiger partial charge on any atom is 0.337 e. The molecule has 0 heterocycles. The Morgan fingerprint density at radius 3 is 2.79 bits per heavy atom. The zero-order chi connectivity index (χ0) is 14.3. The van der Waals surface area contributed by atoms with Crippen LogP contribution in [0, 0.1) is 0 Å². The molecule has 0 unspecified atom stereocenters. The molecule has 1 aromatic rings. The number of nitrogen functional groups attached to an aromatic ring is 1. The molecule has 4 N–H and O–H groups in total. The summed E-state index contributed by atoms with van der Waals surface area (Å²) in [5.41, 5.74) is 6.21. The molecule has 0 radical (unpaired) electrons. The summed E-state index contributed by atoms with van der Waals surface area (Å²) in [7, 11) is 0. The van der Waals surface area contributed by atoms with Gasteiger partial charge < -0.3 is 20.9 Å². The monoisotopic (exact) mass is 266 g/mol. The second-order valence-corrected chi connectivity index (χ2v) is 3.96. The highest BCUT2D eigenvalue weighted by atomic mass is 16.5. The SMILES string of the molecule is CCOCCCC(=O)Nc1cc(N)ccc1C(=O)O. The van der Waals surface area contributed by atoms with Gasteiger partial charge in [0, 0.05) is 25.3 Å². The molecule has 6 nitrogen and oxygen atoms in total. The minimum absolute atomic E-state index is 0.0207. The molecular formula is C13H18N2O4. The van der Waals surface area contributed by atoms with Crippen molar-refractivity contribution in [2.45, 2.75) is 19.8 Å². The number of carbonyl (C=O) groups excluding carboxylic acids is 1. The molecule has 0 aliphatic carbocycles. The Kier molecular flexibility index (Phi) is 5.81. The van der Waals surface area contributed by atoms with E-state index in [9.17, 15) is 9.59 Å². The van der Waals surface area contributed by atoms with Crippen molar-refractivity contribution < 1.29 is 19.4 Å². The molecule has 0 aliphatic rings. The lowest BCUT2D eigenvalue weighted by Gasteiger charge is -2.09. The van der Waals surface area contributed by atoms with Crippen LogP contribution >= 0.6 is 0 Å². The first-order valence-electron chi connectivity index (χ1n) is 6.05. The van der Waals surface area contributed by atoms with Crippen molar-refractivity contribution in [1.29, 1.82) is 0 Å². The van der Waals surface area contributed by atoms with Gasteiger partial charge in [-0.1, -0.05) is 0 Å². The van der Waals surface area contributed by atoms with Gasteiger partial charge in [0.15, 0.2) is 0 Å². The maximum atomic E-state index is 11.7. The molecule has 0 fully saturated rings. The fourth-order valence-corrected chi connectivity index (χ4v) is 1.54. The van der Waals surface area contributed by atoms with Crippen LogP contribution in [0.4, 0.5) is 11.4 Å². The van der Waals surface area contributed by atoms with Crippen LogP contribution in [0.3, 0.4) is 0 Å². The summed E-state index contributed by atoms with van der Waals surface area (Å²) < 4.78 is 5.12. The number of nitrogens with two attached hydrogens (primary N) is 1. The van der Waals surface area contributed by atoms with E-state index in [1.54, 1.807) is 0 Å². The van der Waals surface area contributed by atoms with Crippen LogP contribution in [-0.2, 0) is 9.53 Å². The number of carbonyl (C=O) groups is 2. The Labute approximate surface area is 111 Å². The van der Waals surface area contributed by atoms with Crippen molar-refractivity contribution in [3.05, 3.63) is 23.8 Å². The number of carboxylic acids is 1. The number of ether oxygens (including phenoxy) is 1. The second-order valence-electron chi connectivity index (χ2n) is 3.96. The van der Waals surface area contributed by atoms with Gasteiger partial charge >= 0.3 is 5.97 Å². The molecule has 0 atom stereocenters. The highest BCUT2D eigenvalue weighted by molar-refractivity contribution is 6.01. The summed E-state index contributed by atoms with van der Waals surface area (Å²) in [6, 6.07) is 4.28. The lowest BCUT2D eigenvalue weighted by atomic mass is 10.1. The Morgan fingerprint density at radius 2 is 2.16 bits per heavy atom. The van der Waals surface area contributed by atoms with Gasteiger partial charge in [-0.25, -0.2) is 4.79 Å². The standard InChI is InChI=1S/C13H18N2O4/c1-2-19-7-3-4-12(16)15-11-8-9(14)5-6-10(11)13(17)18/h5-6,8H,2-4,7,14H2,1H3,(H,15,16)(H,17,18). The number of anilines is 2. The van der Waals surface area contributed by atoms with Crippen LogP contribution < -0.4 is 11.1 Å². The third-order valence-corrected chi connectivity index (χ3v) is 2.44. The average molecular weight is 266 g/mol. The molecule has 1 rings (SSSR count). The van der Waals surface area contributed by atoms with Gasteiger partial charge in [0.05, 0.1) is 11.3 Å². The average Bonchev–Trinajstić information content (AvgIpc) is 2.34. The van der Waals surface area contributed by atoms with E-state index in [2.05, 4.69) is 5.32 Å². The topological polar surface area (TPSA) is 102 Å². The molecule has 0 aliphatic heterocycles. The number of hydrogen-bond donors (Lipinski definition) is 3. The summed E-state index contributed by atoms with van der Waals surface area (Å²) in [5, 5.41) is 11.6. The number of benzene rings is 1. The summed E-state index contributed by atoms with van der Waals surface area (Å²) in [5.74, 6) is -1.36. The molecule has 104 valence electrons. The zero-order valence-corrected chi connectivity index (χ0v) is 10.8. The van der Waals surface area contributed by atoms with E-state index in [1.165, 1.54) is 18.2 Å². The van der Waals surface area contributed by atoms with Gasteiger partial charge in [-0.3, -0.25) is 4.79 Å². The number of amides is 1. The fourth-order valence-electron chi connectivity index (χ4n) is 1.54. The van der Waals surface area contributed by atoms with Gasteiger partial charge in [0.1, 0.15) is 0 Å². The molecule has 1 aromatic carbocycles. The van der Waals surface area contributed by atoms with Crippen LogP contribution in [0.2, 0.25) is 0 Å². The molecule has 0 aromatic heterocycles. The zero-order valence-electron chi connectivity index (χ0n) is 10.8. The van der Waals surface area contributed by atoms with E-state index >= 15 is 0 Å². The number of carboxylic acid groups (broad SMARTS) is 1. The summed E-state index contributed by atoms with van der Waals surface area (Å²) in [6.45, 7) is 3.00. The van der Waals surface area contributed by atoms with Crippen molar-refractivity contribution in [3.63, 3.8) is 0 Å². The van der Waals surface area contributed by atoms with Crippen LogP contribution in [0.25, 0.3) is 0 Å². The van der Waals surface area contributed by atoms with E-state index in [0.717, 1.165) is 0 Å². The van der Waals surface area contributed by atoms with Crippen LogP contribution in [-0.4, -0.2) is 30.2 Å². The van der Waals surface area contributed by atoms with E-state index in [4.69, 9.17) is 15.6 Å². The van der Waals surface area contributed by atoms with Crippen molar-refractivity contribution in [2.75, 3.05) is 24.3 Å². The summed E-state index contributed by atoms with van der Waals surface area (Å²) in [4.78, 5) is 22.7. The predicted molar refractivity (Wildman–Crippen MR) is 72.2 cm³/mol. The number of hydrogen-bond acceptors (Lipinski definition) is 4. The minimum atomic E-state index is -1.11. The van der Waals surface area contributed by atoms with Gasteiger partial charge in [0.2, 0.25) is 5.91 Å². The van der Waals surface area contributed by atoms with Crippen molar-refractivity contribution in [3.8, 4) is 0 Å². The van der Waals surface area contributed by atoms with Crippen molar-refractivity contribution in [2.24, 2.45) is 0 Å². The second kappa shape index (κ2) is 7.38. The van der Waals surface area contributed by atoms with Crippen LogP contribution in [0.1, 0.15) is 30.1 Å². The number of rotatable bonds is 7.